The molecule has 2 aromatic heterocycles. The SMILES string of the molecule is C[C@H](Nc1cnc2cc(-c3cn[nH]c3)ccc2n1)c1ccccc1. The zero-order chi connectivity index (χ0) is 16.4. The van der Waals surface area contributed by atoms with Gasteiger partial charge in [0.2, 0.25) is 0 Å². The molecule has 4 aromatic rings. The van der Waals surface area contributed by atoms with Gasteiger partial charge in [0.25, 0.3) is 0 Å². The maximum atomic E-state index is 4.67. The van der Waals surface area contributed by atoms with E-state index in [1.165, 1.54) is 5.56 Å². The Morgan fingerprint density at radius 1 is 0.958 bits per heavy atom. The number of hydrogen-bond donors (Lipinski definition) is 2. The number of aromatic nitrogens is 4. The van der Waals surface area contributed by atoms with Gasteiger partial charge in [-0.25, -0.2) is 4.98 Å². The number of aromatic amines is 1. The Kier molecular flexibility index (Phi) is 3.67. The van der Waals surface area contributed by atoms with Gasteiger partial charge in [0, 0.05) is 17.8 Å². The van der Waals surface area contributed by atoms with E-state index in [0.717, 1.165) is 28.0 Å². The minimum Gasteiger partial charge on any atom is -0.362 e. The highest BCUT2D eigenvalue weighted by Crippen LogP contribution is 2.23. The Bertz CT molecular complexity index is 948. The minimum atomic E-state index is 0.170. The van der Waals surface area contributed by atoms with Crippen molar-refractivity contribution in [3.8, 4) is 11.1 Å². The van der Waals surface area contributed by atoms with Gasteiger partial charge >= 0.3 is 0 Å². The van der Waals surface area contributed by atoms with Crippen molar-refractivity contribution in [3.05, 3.63) is 72.7 Å². The first kappa shape index (κ1) is 14.4. The van der Waals surface area contributed by atoms with Crippen molar-refractivity contribution in [2.75, 3.05) is 5.32 Å². The first-order chi connectivity index (χ1) is 11.8. The fraction of sp³-hybridized carbons (Fsp3) is 0.105. The number of anilines is 1. The molecule has 118 valence electrons. The molecule has 2 aromatic carbocycles. The van der Waals surface area contributed by atoms with Crippen molar-refractivity contribution in [1.29, 1.82) is 0 Å². The van der Waals surface area contributed by atoms with E-state index in [2.05, 4.69) is 44.5 Å². The van der Waals surface area contributed by atoms with E-state index in [9.17, 15) is 0 Å². The minimum absolute atomic E-state index is 0.170. The van der Waals surface area contributed by atoms with Crippen LogP contribution in [0.1, 0.15) is 18.5 Å². The molecule has 4 rings (SSSR count). The molecule has 0 aliphatic carbocycles. The number of nitrogens with zero attached hydrogens (tertiary/aromatic N) is 3. The Labute approximate surface area is 139 Å². The third-order valence-corrected chi connectivity index (χ3v) is 4.04. The molecule has 2 N–H and O–H groups in total. The van der Waals surface area contributed by atoms with Gasteiger partial charge in [-0.3, -0.25) is 10.1 Å². The highest BCUT2D eigenvalue weighted by atomic mass is 15.1. The fourth-order valence-electron chi connectivity index (χ4n) is 2.72. The van der Waals surface area contributed by atoms with Crippen LogP contribution < -0.4 is 5.32 Å². The number of H-pyrrole nitrogens is 1. The summed E-state index contributed by atoms with van der Waals surface area (Å²) in [5.74, 6) is 0.773. The second-order valence-corrected chi connectivity index (χ2v) is 5.72. The van der Waals surface area contributed by atoms with Gasteiger partial charge in [0.1, 0.15) is 5.82 Å². The summed E-state index contributed by atoms with van der Waals surface area (Å²) in [4.78, 5) is 9.21. The normalized spacial score (nSPS) is 12.2. The second kappa shape index (κ2) is 6.12. The molecule has 0 radical (unpaired) electrons. The Balaban J connectivity index is 1.61. The van der Waals surface area contributed by atoms with Crippen LogP contribution in [0.2, 0.25) is 0 Å². The lowest BCUT2D eigenvalue weighted by Gasteiger charge is -2.15. The smallest absolute Gasteiger partial charge is 0.145 e. The number of rotatable bonds is 4. The monoisotopic (exact) mass is 315 g/mol. The molecule has 0 unspecified atom stereocenters. The largest absolute Gasteiger partial charge is 0.362 e. The van der Waals surface area contributed by atoms with Gasteiger partial charge in [0.05, 0.1) is 23.4 Å². The summed E-state index contributed by atoms with van der Waals surface area (Å²) >= 11 is 0. The predicted octanol–water partition coefficient (Wildman–Crippen LogP) is 4.19. The van der Waals surface area contributed by atoms with Crippen LogP contribution in [-0.2, 0) is 0 Å². The van der Waals surface area contributed by atoms with E-state index in [0.29, 0.717) is 0 Å². The number of nitrogens with one attached hydrogen (secondary N) is 2. The summed E-state index contributed by atoms with van der Waals surface area (Å²) in [6, 6.07) is 16.5. The first-order valence-corrected chi connectivity index (χ1v) is 7.87. The van der Waals surface area contributed by atoms with E-state index in [1.54, 1.807) is 12.4 Å². The highest BCUT2D eigenvalue weighted by Gasteiger charge is 2.08. The molecule has 0 saturated heterocycles. The Morgan fingerprint density at radius 3 is 2.62 bits per heavy atom. The summed E-state index contributed by atoms with van der Waals surface area (Å²) < 4.78 is 0. The van der Waals surface area contributed by atoms with Gasteiger partial charge < -0.3 is 5.32 Å². The van der Waals surface area contributed by atoms with Gasteiger partial charge in [-0.2, -0.15) is 5.10 Å². The fourth-order valence-corrected chi connectivity index (χ4v) is 2.72. The molecule has 24 heavy (non-hydrogen) atoms. The lowest BCUT2D eigenvalue weighted by molar-refractivity contribution is 0.874. The van der Waals surface area contributed by atoms with Gasteiger partial charge in [0.15, 0.2) is 0 Å². The van der Waals surface area contributed by atoms with Crippen LogP contribution >= 0.6 is 0 Å². The van der Waals surface area contributed by atoms with Crippen LogP contribution in [0.3, 0.4) is 0 Å². The van der Waals surface area contributed by atoms with Crippen molar-refractivity contribution < 1.29 is 0 Å². The van der Waals surface area contributed by atoms with Crippen molar-refractivity contribution in [3.63, 3.8) is 0 Å². The standard InChI is InChI=1S/C19H17N5/c1-13(14-5-3-2-4-6-14)23-19-12-20-18-9-15(7-8-17(18)24-19)16-10-21-22-11-16/h2-13H,1H3,(H,21,22)(H,23,24)/t13-/m0/s1. The first-order valence-electron chi connectivity index (χ1n) is 7.87. The van der Waals surface area contributed by atoms with Crippen molar-refractivity contribution in [2.24, 2.45) is 0 Å². The van der Waals surface area contributed by atoms with E-state index in [-0.39, 0.29) is 6.04 Å². The number of fused-ring (bicyclic) bond motifs is 1. The molecule has 0 amide bonds. The number of hydrogen-bond acceptors (Lipinski definition) is 4. The molecule has 0 saturated carbocycles. The molecular weight excluding hydrogens is 298 g/mol. The average molecular weight is 315 g/mol. The van der Waals surface area contributed by atoms with E-state index < -0.39 is 0 Å². The highest BCUT2D eigenvalue weighted by molar-refractivity contribution is 5.81. The third kappa shape index (κ3) is 2.84. The van der Waals surface area contributed by atoms with Crippen LogP contribution in [0.15, 0.2) is 67.1 Å². The third-order valence-electron chi connectivity index (χ3n) is 4.04. The molecule has 0 spiro atoms. The van der Waals surface area contributed by atoms with Crippen LogP contribution in [0, 0.1) is 0 Å². The van der Waals surface area contributed by atoms with E-state index in [4.69, 9.17) is 0 Å². The van der Waals surface area contributed by atoms with Gasteiger partial charge in [-0.05, 0) is 30.2 Å². The summed E-state index contributed by atoms with van der Waals surface area (Å²) in [6.07, 6.45) is 5.44. The quantitative estimate of drug-likeness (QED) is 0.592. The Morgan fingerprint density at radius 2 is 1.83 bits per heavy atom. The Hall–Kier alpha value is -3.21. The lowest BCUT2D eigenvalue weighted by Crippen LogP contribution is -2.08. The van der Waals surface area contributed by atoms with E-state index in [1.807, 2.05) is 42.6 Å². The predicted molar refractivity (Wildman–Crippen MR) is 95.6 cm³/mol. The molecule has 0 aliphatic rings. The van der Waals surface area contributed by atoms with Crippen LogP contribution in [-0.4, -0.2) is 20.2 Å². The van der Waals surface area contributed by atoms with Crippen LogP contribution in [0.25, 0.3) is 22.2 Å². The summed E-state index contributed by atoms with van der Waals surface area (Å²) in [7, 11) is 0. The summed E-state index contributed by atoms with van der Waals surface area (Å²) in [6.45, 7) is 2.11. The van der Waals surface area contributed by atoms with Crippen LogP contribution in [0.4, 0.5) is 5.82 Å². The molecule has 5 nitrogen and oxygen atoms in total. The summed E-state index contributed by atoms with van der Waals surface area (Å²) in [5, 5.41) is 10.2. The molecular formula is C19H17N5. The van der Waals surface area contributed by atoms with Gasteiger partial charge in [-0.15, -0.1) is 0 Å². The van der Waals surface area contributed by atoms with Crippen molar-refractivity contribution >= 4 is 16.9 Å². The molecule has 5 heteroatoms. The molecule has 1 atom stereocenters. The molecule has 0 fully saturated rings. The van der Waals surface area contributed by atoms with E-state index >= 15 is 0 Å². The molecule has 2 heterocycles. The number of benzene rings is 2. The average Bonchev–Trinajstić information content (AvgIpc) is 3.17. The second-order valence-electron chi connectivity index (χ2n) is 5.72. The maximum absolute atomic E-state index is 4.67. The molecule has 0 aliphatic heterocycles. The van der Waals surface area contributed by atoms with Gasteiger partial charge in [-0.1, -0.05) is 36.4 Å². The zero-order valence-corrected chi connectivity index (χ0v) is 13.3. The maximum Gasteiger partial charge on any atom is 0.145 e. The van der Waals surface area contributed by atoms with Crippen LogP contribution in [0.5, 0.6) is 0 Å². The van der Waals surface area contributed by atoms with Crippen molar-refractivity contribution in [1.82, 2.24) is 20.2 Å². The lowest BCUT2D eigenvalue weighted by atomic mass is 10.1. The summed E-state index contributed by atoms with van der Waals surface area (Å²) in [5.41, 5.74) is 5.07. The van der Waals surface area contributed by atoms with Crippen molar-refractivity contribution in [2.45, 2.75) is 13.0 Å². The zero-order valence-electron chi connectivity index (χ0n) is 13.3. The topological polar surface area (TPSA) is 66.5 Å². The molecule has 0 bridgehead atoms.